The van der Waals surface area contributed by atoms with E-state index in [-0.39, 0.29) is 10.8 Å². The van der Waals surface area contributed by atoms with Crippen LogP contribution in [0.25, 0.3) is 67.6 Å². The summed E-state index contributed by atoms with van der Waals surface area (Å²) in [6, 6.07) is 62.7. The second-order valence-corrected chi connectivity index (χ2v) is 23.7. The minimum atomic E-state index is -0.296. The summed E-state index contributed by atoms with van der Waals surface area (Å²) in [5.74, 6) is 1.06. The van der Waals surface area contributed by atoms with Crippen molar-refractivity contribution in [1.82, 2.24) is 0 Å². The molecule has 0 N–H and O–H groups in total. The highest BCUT2D eigenvalue weighted by Gasteiger charge is 2.52. The minimum absolute atomic E-state index is 0.103. The number of fused-ring (bicyclic) bond motifs is 13. The van der Waals surface area contributed by atoms with E-state index in [2.05, 4.69) is 282 Å². The first-order chi connectivity index (χ1) is 38.1. The first-order valence-electron chi connectivity index (χ1n) is 28.5. The summed E-state index contributed by atoms with van der Waals surface area (Å²) in [7, 11) is 0. The van der Waals surface area contributed by atoms with Gasteiger partial charge in [0.05, 0.1) is 5.41 Å². The Morgan fingerprint density at radius 2 is 1.18 bits per heavy atom. The van der Waals surface area contributed by atoms with Crippen molar-refractivity contribution >= 4 is 34.3 Å². The zero-order valence-electron chi connectivity index (χ0n) is 47.8. The molecule has 0 amide bonds. The van der Waals surface area contributed by atoms with Crippen molar-refractivity contribution in [2.45, 2.75) is 98.8 Å². The predicted molar refractivity (Wildman–Crippen MR) is 337 cm³/mol. The van der Waals surface area contributed by atoms with Crippen LogP contribution in [-0.4, -0.2) is 0 Å². The average molecular weight is 1030 g/mol. The molecule has 2 unspecified atom stereocenters. The molecule has 1 nitrogen and oxygen atoms in total. The number of furan rings is 1. The van der Waals surface area contributed by atoms with E-state index in [1.54, 1.807) is 0 Å². The molecule has 1 spiro atoms. The number of benzene rings is 8. The Balaban J connectivity index is 0.000000125. The molecule has 14 rings (SSSR count). The largest absolute Gasteiger partial charge is 0.456 e. The molecule has 0 saturated carbocycles. The Morgan fingerprint density at radius 3 is 1.84 bits per heavy atom. The maximum absolute atomic E-state index is 6.19. The highest BCUT2D eigenvalue weighted by atomic mass is 16.3. The summed E-state index contributed by atoms with van der Waals surface area (Å²) in [6.45, 7) is 26.6. The van der Waals surface area contributed by atoms with E-state index in [4.69, 9.17) is 4.42 Å². The van der Waals surface area contributed by atoms with E-state index >= 15 is 0 Å². The summed E-state index contributed by atoms with van der Waals surface area (Å²) >= 11 is 0. The van der Waals surface area contributed by atoms with Gasteiger partial charge in [0.2, 0.25) is 0 Å². The van der Waals surface area contributed by atoms with Crippen molar-refractivity contribution in [2.24, 2.45) is 5.92 Å². The topological polar surface area (TPSA) is 13.1 Å². The zero-order chi connectivity index (χ0) is 54.9. The molecule has 79 heavy (non-hydrogen) atoms. The summed E-state index contributed by atoms with van der Waals surface area (Å²) in [5.41, 5.74) is 32.7. The molecular formula is C78H72O. The Morgan fingerprint density at radius 1 is 0.582 bits per heavy atom. The first kappa shape index (κ1) is 51.5. The van der Waals surface area contributed by atoms with E-state index in [1.807, 2.05) is 0 Å². The SMILES string of the molecule is C=C(C)/C=C(\C1=C(C)C2(c3cc(C)c(C)cc31)c1ccccc1-c1ccccc12)c1ccc(C)cc1.CC1=CCC(c2cccc3c2-c2ccccc2C3(C)C)C=C1.Cc1ccc(-c2cccc3c4c(oc23)=CC(C)CC=4)cc1. The monoisotopic (exact) mass is 1020 g/mol. The van der Waals surface area contributed by atoms with Crippen LogP contribution in [0, 0.1) is 33.6 Å². The third-order valence-electron chi connectivity index (χ3n) is 17.8. The number of hydrogen-bond donors (Lipinski definition) is 0. The van der Waals surface area contributed by atoms with Gasteiger partial charge in [-0.1, -0.05) is 250 Å². The van der Waals surface area contributed by atoms with Crippen LogP contribution in [0.15, 0.2) is 222 Å². The summed E-state index contributed by atoms with van der Waals surface area (Å²) in [6.07, 6.45) is 16.0. The Bertz CT molecular complexity index is 4150. The van der Waals surface area contributed by atoms with Crippen LogP contribution in [0.5, 0.6) is 0 Å². The molecule has 0 fully saturated rings. The van der Waals surface area contributed by atoms with Crippen LogP contribution in [-0.2, 0) is 10.8 Å². The predicted octanol–water partition coefficient (Wildman–Crippen LogP) is 19.4. The molecule has 1 heteroatoms. The second kappa shape index (κ2) is 20.2. The first-order valence-corrected chi connectivity index (χ1v) is 28.5. The molecule has 1 aromatic heterocycles. The number of rotatable bonds is 5. The van der Waals surface area contributed by atoms with Crippen molar-refractivity contribution in [3.05, 3.63) is 295 Å². The third kappa shape index (κ3) is 8.70. The van der Waals surface area contributed by atoms with Crippen molar-refractivity contribution in [2.75, 3.05) is 0 Å². The van der Waals surface area contributed by atoms with Gasteiger partial charge in [-0.2, -0.15) is 0 Å². The number of hydrogen-bond acceptors (Lipinski definition) is 1. The van der Waals surface area contributed by atoms with E-state index in [0.717, 1.165) is 29.4 Å². The van der Waals surface area contributed by atoms with Gasteiger partial charge in [0, 0.05) is 27.5 Å². The van der Waals surface area contributed by atoms with Gasteiger partial charge in [0.15, 0.2) is 0 Å². The van der Waals surface area contributed by atoms with E-state index in [9.17, 15) is 0 Å². The molecular weight excluding hydrogens is 953 g/mol. The van der Waals surface area contributed by atoms with Crippen molar-refractivity contribution in [3.63, 3.8) is 0 Å². The zero-order valence-corrected chi connectivity index (χ0v) is 47.8. The lowest BCUT2D eigenvalue weighted by atomic mass is 9.69. The lowest BCUT2D eigenvalue weighted by Crippen LogP contribution is -2.26. The Labute approximate surface area is 469 Å². The molecule has 5 aliphatic rings. The summed E-state index contributed by atoms with van der Waals surface area (Å²) < 4.78 is 6.19. The summed E-state index contributed by atoms with van der Waals surface area (Å²) in [4.78, 5) is 0. The highest BCUT2D eigenvalue weighted by molar-refractivity contribution is 6.12. The van der Waals surface area contributed by atoms with Crippen molar-refractivity contribution < 1.29 is 4.42 Å². The molecule has 2 atom stereocenters. The van der Waals surface area contributed by atoms with Crippen molar-refractivity contribution in [1.29, 1.82) is 0 Å². The molecule has 390 valence electrons. The molecule has 8 aromatic carbocycles. The van der Waals surface area contributed by atoms with Gasteiger partial charge in [0.25, 0.3) is 0 Å². The minimum Gasteiger partial charge on any atom is -0.456 e. The quantitative estimate of drug-likeness (QED) is 0.157. The van der Waals surface area contributed by atoms with Crippen LogP contribution in [0.2, 0.25) is 0 Å². The Kier molecular flexibility index (Phi) is 13.2. The van der Waals surface area contributed by atoms with Gasteiger partial charge < -0.3 is 4.42 Å². The normalized spacial score (nSPS) is 17.4. The fourth-order valence-corrected chi connectivity index (χ4v) is 13.6. The van der Waals surface area contributed by atoms with E-state index in [0.29, 0.717) is 11.8 Å². The van der Waals surface area contributed by atoms with Gasteiger partial charge >= 0.3 is 0 Å². The molecule has 1 heterocycles. The fourth-order valence-electron chi connectivity index (χ4n) is 13.6. The molecule has 9 aromatic rings. The van der Waals surface area contributed by atoms with E-state index in [1.165, 1.54) is 133 Å². The van der Waals surface area contributed by atoms with Crippen LogP contribution >= 0.6 is 0 Å². The molecule has 0 saturated heterocycles. The van der Waals surface area contributed by atoms with Crippen LogP contribution in [0.3, 0.4) is 0 Å². The maximum Gasteiger partial charge on any atom is 0.143 e. The summed E-state index contributed by atoms with van der Waals surface area (Å²) in [5, 5.41) is 2.49. The second-order valence-electron chi connectivity index (χ2n) is 23.7. The van der Waals surface area contributed by atoms with Crippen molar-refractivity contribution in [3.8, 4) is 33.4 Å². The fraction of sp³-hybridized carbons (Fsp3) is 0.205. The van der Waals surface area contributed by atoms with Gasteiger partial charge in [-0.3, -0.25) is 0 Å². The van der Waals surface area contributed by atoms with Crippen LogP contribution in [0.4, 0.5) is 0 Å². The van der Waals surface area contributed by atoms with E-state index < -0.39 is 0 Å². The number of allylic oxidation sites excluding steroid dienone is 9. The molecule has 5 aliphatic carbocycles. The Hall–Kier alpha value is -8.26. The van der Waals surface area contributed by atoms with Gasteiger partial charge in [-0.15, -0.1) is 0 Å². The number of aryl methyl sites for hydroxylation is 4. The maximum atomic E-state index is 6.19. The average Bonchev–Trinajstić information content (AvgIpc) is 2.69. The molecule has 0 bridgehead atoms. The lowest BCUT2D eigenvalue weighted by molar-refractivity contribution is 0.566. The van der Waals surface area contributed by atoms with Gasteiger partial charge in [-0.05, 0) is 173 Å². The van der Waals surface area contributed by atoms with Gasteiger partial charge in [-0.25, -0.2) is 0 Å². The smallest absolute Gasteiger partial charge is 0.143 e. The lowest BCUT2D eigenvalue weighted by Gasteiger charge is -2.31. The third-order valence-corrected chi connectivity index (χ3v) is 17.8. The van der Waals surface area contributed by atoms with Crippen LogP contribution in [0.1, 0.15) is 127 Å². The molecule has 0 aliphatic heterocycles. The standard InChI is InChI=1S/C36H32.C22H22.C20H18O/c1-22(2)19-30(27-17-15-23(3)16-18-27)35-26(6)36(34-21-25(5)24(4)20-31(34)35)32-13-9-7-11-28(32)29-12-8-10-14-33(29)36;1-15-11-13-16(14-12-15)17-8-6-10-20-21(17)18-7-4-5-9-19(18)22(20,2)3;1-13-6-9-15(10-7-13)16-4-3-5-18-17-11-8-14(2)12-19(17)21-20(16)18/h7-21H,1H2,2-6H3;4-13,16H,14H2,1-3H3;3-7,9-12,14H,8H2,1-2H3/b30-19-;;. The highest BCUT2D eigenvalue weighted by Crippen LogP contribution is 2.63. The molecule has 0 radical (unpaired) electrons. The number of para-hydroxylation sites is 1. The van der Waals surface area contributed by atoms with Crippen LogP contribution < -0.4 is 10.6 Å². The van der Waals surface area contributed by atoms with Gasteiger partial charge in [0.1, 0.15) is 11.0 Å².